The van der Waals surface area contributed by atoms with Crippen molar-refractivity contribution >= 4 is 5.95 Å². The van der Waals surface area contributed by atoms with Crippen LogP contribution in [0.2, 0.25) is 0 Å². The van der Waals surface area contributed by atoms with Crippen LogP contribution in [0.25, 0.3) is 0 Å². The van der Waals surface area contributed by atoms with Crippen molar-refractivity contribution in [2.45, 2.75) is 6.92 Å². The number of hydrogen-bond donors (Lipinski definition) is 2. The molecular weight excluding hydrogens is 242 g/mol. The first kappa shape index (κ1) is 12.2. The molecule has 1 heterocycles. The van der Waals surface area contributed by atoms with Gasteiger partial charge in [-0.05, 0) is 6.92 Å². The number of rotatable bonds is 3. The SMILES string of the molecule is Cc1cc(Oc2cc(F)cc(F)c2)nc(NN)n1. The summed E-state index contributed by atoms with van der Waals surface area (Å²) in [5.41, 5.74) is 2.87. The fraction of sp³-hybridized carbons (Fsp3) is 0.0909. The number of nitrogens with two attached hydrogens (primary N) is 1. The van der Waals surface area contributed by atoms with E-state index in [2.05, 4.69) is 15.4 Å². The van der Waals surface area contributed by atoms with E-state index in [1.807, 2.05) is 0 Å². The van der Waals surface area contributed by atoms with Crippen molar-refractivity contribution in [1.29, 1.82) is 0 Å². The van der Waals surface area contributed by atoms with E-state index in [-0.39, 0.29) is 17.6 Å². The molecule has 18 heavy (non-hydrogen) atoms. The second-order valence-electron chi connectivity index (χ2n) is 3.52. The zero-order chi connectivity index (χ0) is 13.1. The van der Waals surface area contributed by atoms with Gasteiger partial charge in [-0.25, -0.2) is 19.6 Å². The third-order valence-electron chi connectivity index (χ3n) is 2.02. The Labute approximate surface area is 102 Å². The highest BCUT2D eigenvalue weighted by atomic mass is 19.1. The topological polar surface area (TPSA) is 73.1 Å². The normalized spacial score (nSPS) is 10.2. The highest BCUT2D eigenvalue weighted by Crippen LogP contribution is 2.22. The summed E-state index contributed by atoms with van der Waals surface area (Å²) in [6.07, 6.45) is 0. The van der Waals surface area contributed by atoms with Gasteiger partial charge in [0.1, 0.15) is 17.4 Å². The van der Waals surface area contributed by atoms with Crippen LogP contribution in [0.3, 0.4) is 0 Å². The highest BCUT2D eigenvalue weighted by Gasteiger charge is 2.06. The van der Waals surface area contributed by atoms with Crippen LogP contribution in [0.15, 0.2) is 24.3 Å². The number of benzene rings is 1. The number of ether oxygens (including phenoxy) is 1. The number of nitrogen functional groups attached to an aromatic ring is 1. The number of nitrogens with zero attached hydrogens (tertiary/aromatic N) is 2. The molecule has 2 aromatic rings. The second-order valence-corrected chi connectivity index (χ2v) is 3.52. The molecule has 1 aromatic heterocycles. The Bertz CT molecular complexity index is 557. The first-order valence-corrected chi connectivity index (χ1v) is 5.03. The minimum Gasteiger partial charge on any atom is -0.439 e. The van der Waals surface area contributed by atoms with Crippen LogP contribution in [0.4, 0.5) is 14.7 Å². The maximum atomic E-state index is 13.0. The minimum atomic E-state index is -0.729. The Kier molecular flexibility index (Phi) is 3.33. The Balaban J connectivity index is 2.30. The molecule has 0 aliphatic rings. The van der Waals surface area contributed by atoms with Crippen LogP contribution in [0.5, 0.6) is 11.6 Å². The van der Waals surface area contributed by atoms with Gasteiger partial charge in [0, 0.05) is 30.0 Å². The van der Waals surface area contributed by atoms with E-state index in [0.717, 1.165) is 18.2 Å². The first-order valence-electron chi connectivity index (χ1n) is 5.03. The molecule has 1 aromatic carbocycles. The van der Waals surface area contributed by atoms with Crippen molar-refractivity contribution < 1.29 is 13.5 Å². The minimum absolute atomic E-state index is 0.00794. The lowest BCUT2D eigenvalue weighted by molar-refractivity contribution is 0.450. The van der Waals surface area contributed by atoms with E-state index in [4.69, 9.17) is 10.6 Å². The van der Waals surface area contributed by atoms with Gasteiger partial charge in [-0.2, -0.15) is 4.98 Å². The average Bonchev–Trinajstić information content (AvgIpc) is 2.26. The molecule has 3 N–H and O–H groups in total. The van der Waals surface area contributed by atoms with Gasteiger partial charge >= 0.3 is 0 Å². The second kappa shape index (κ2) is 4.92. The van der Waals surface area contributed by atoms with Crippen molar-refractivity contribution in [3.8, 4) is 11.6 Å². The number of aromatic nitrogens is 2. The molecule has 0 saturated heterocycles. The molecule has 0 aliphatic carbocycles. The standard InChI is InChI=1S/C11H10F2N4O/c1-6-2-10(16-11(15-6)17-14)18-9-4-7(12)3-8(13)5-9/h2-5H,14H2,1H3,(H,15,16,17). The van der Waals surface area contributed by atoms with Gasteiger partial charge in [-0.15, -0.1) is 0 Å². The molecule has 0 amide bonds. The number of hydrazine groups is 1. The van der Waals surface area contributed by atoms with E-state index < -0.39 is 11.6 Å². The summed E-state index contributed by atoms with van der Waals surface area (Å²) in [7, 11) is 0. The first-order chi connectivity index (χ1) is 8.56. The number of halogens is 2. The Morgan fingerprint density at radius 1 is 1.11 bits per heavy atom. The summed E-state index contributed by atoms with van der Waals surface area (Å²) in [6.45, 7) is 1.71. The summed E-state index contributed by atoms with van der Waals surface area (Å²) >= 11 is 0. The van der Waals surface area contributed by atoms with Crippen LogP contribution in [0, 0.1) is 18.6 Å². The van der Waals surface area contributed by atoms with Gasteiger partial charge in [0.2, 0.25) is 11.8 Å². The molecule has 0 saturated carbocycles. The van der Waals surface area contributed by atoms with Crippen LogP contribution in [0.1, 0.15) is 5.69 Å². The fourth-order valence-corrected chi connectivity index (χ4v) is 1.36. The maximum absolute atomic E-state index is 13.0. The lowest BCUT2D eigenvalue weighted by atomic mass is 10.3. The summed E-state index contributed by atoms with van der Waals surface area (Å²) in [4.78, 5) is 7.85. The van der Waals surface area contributed by atoms with E-state index in [0.29, 0.717) is 5.69 Å². The predicted octanol–water partition coefficient (Wildman–Crippen LogP) is 2.14. The zero-order valence-corrected chi connectivity index (χ0v) is 9.45. The molecule has 0 unspecified atom stereocenters. The zero-order valence-electron chi connectivity index (χ0n) is 9.45. The molecular formula is C11H10F2N4O. The van der Waals surface area contributed by atoms with E-state index in [1.54, 1.807) is 6.92 Å². The van der Waals surface area contributed by atoms with E-state index >= 15 is 0 Å². The van der Waals surface area contributed by atoms with Gasteiger partial charge in [0.15, 0.2) is 0 Å². The van der Waals surface area contributed by atoms with Crippen LogP contribution in [-0.2, 0) is 0 Å². The molecule has 94 valence electrons. The Hall–Kier alpha value is -2.28. The Morgan fingerprint density at radius 3 is 2.39 bits per heavy atom. The lowest BCUT2D eigenvalue weighted by Crippen LogP contribution is -2.11. The van der Waals surface area contributed by atoms with Gasteiger partial charge in [0.05, 0.1) is 0 Å². The molecule has 0 fully saturated rings. The van der Waals surface area contributed by atoms with Gasteiger partial charge in [-0.3, -0.25) is 5.43 Å². The molecule has 0 atom stereocenters. The van der Waals surface area contributed by atoms with Gasteiger partial charge < -0.3 is 4.74 Å². The largest absolute Gasteiger partial charge is 0.439 e. The smallest absolute Gasteiger partial charge is 0.240 e. The van der Waals surface area contributed by atoms with Gasteiger partial charge in [-0.1, -0.05) is 0 Å². The molecule has 0 spiro atoms. The Morgan fingerprint density at radius 2 is 1.78 bits per heavy atom. The summed E-state index contributed by atoms with van der Waals surface area (Å²) in [5.74, 6) is 4.02. The number of aryl methyl sites for hydroxylation is 1. The fourth-order valence-electron chi connectivity index (χ4n) is 1.36. The molecule has 0 bridgehead atoms. The third-order valence-corrected chi connectivity index (χ3v) is 2.02. The van der Waals surface area contributed by atoms with Crippen LogP contribution < -0.4 is 16.0 Å². The molecule has 0 radical (unpaired) electrons. The summed E-state index contributed by atoms with van der Waals surface area (Å²) in [5, 5.41) is 0. The monoisotopic (exact) mass is 252 g/mol. The predicted molar refractivity (Wildman–Crippen MR) is 61.0 cm³/mol. The molecule has 7 heteroatoms. The average molecular weight is 252 g/mol. The van der Waals surface area contributed by atoms with Crippen molar-refractivity contribution in [2.24, 2.45) is 5.84 Å². The molecule has 2 rings (SSSR count). The lowest BCUT2D eigenvalue weighted by Gasteiger charge is -2.07. The van der Waals surface area contributed by atoms with E-state index in [1.165, 1.54) is 6.07 Å². The van der Waals surface area contributed by atoms with Crippen molar-refractivity contribution in [3.63, 3.8) is 0 Å². The summed E-state index contributed by atoms with van der Waals surface area (Å²) < 4.78 is 31.2. The van der Waals surface area contributed by atoms with Crippen LogP contribution in [-0.4, -0.2) is 9.97 Å². The maximum Gasteiger partial charge on any atom is 0.240 e. The van der Waals surface area contributed by atoms with Crippen molar-refractivity contribution in [2.75, 3.05) is 5.43 Å². The highest BCUT2D eigenvalue weighted by molar-refractivity contribution is 5.33. The third kappa shape index (κ3) is 2.89. The van der Waals surface area contributed by atoms with Crippen molar-refractivity contribution in [3.05, 3.63) is 41.6 Å². The van der Waals surface area contributed by atoms with Crippen LogP contribution >= 0.6 is 0 Å². The summed E-state index contributed by atoms with van der Waals surface area (Å²) in [6, 6.07) is 4.38. The van der Waals surface area contributed by atoms with Gasteiger partial charge in [0.25, 0.3) is 0 Å². The van der Waals surface area contributed by atoms with Crippen molar-refractivity contribution in [1.82, 2.24) is 9.97 Å². The molecule has 0 aliphatic heterocycles. The number of nitrogens with one attached hydrogen (secondary N) is 1. The van der Waals surface area contributed by atoms with E-state index in [9.17, 15) is 8.78 Å². The number of anilines is 1. The molecule has 5 nitrogen and oxygen atoms in total. The quantitative estimate of drug-likeness (QED) is 0.646. The number of hydrogen-bond acceptors (Lipinski definition) is 5.